The Balaban J connectivity index is -0.000000167. The van der Waals surface area contributed by atoms with Gasteiger partial charge in [0.25, 0.3) is 0 Å². The zero-order valence-corrected chi connectivity index (χ0v) is 9.25. The number of ether oxygens (including phenoxy) is 2. The summed E-state index contributed by atoms with van der Waals surface area (Å²) in [6.45, 7) is 4.48. The van der Waals surface area contributed by atoms with E-state index < -0.39 is 11.9 Å². The quantitative estimate of drug-likeness (QED) is 0.286. The fourth-order valence-corrected chi connectivity index (χ4v) is 0.314. The number of hydrogen-bond acceptors (Lipinski definition) is 4. The number of carbonyl (C=O) groups is 2. The van der Waals surface area contributed by atoms with Crippen molar-refractivity contribution in [3.63, 3.8) is 0 Å². The Kier molecular flexibility index (Phi) is 10.9. The van der Waals surface area contributed by atoms with E-state index in [-0.39, 0.29) is 53.8 Å². The summed E-state index contributed by atoms with van der Waals surface area (Å²) >= 11 is 0. The van der Waals surface area contributed by atoms with Gasteiger partial charge in [-0.1, -0.05) is 13.5 Å². The first-order valence-electron chi connectivity index (χ1n) is 3.15. The van der Waals surface area contributed by atoms with Crippen molar-refractivity contribution in [2.45, 2.75) is 13.3 Å². The summed E-state index contributed by atoms with van der Waals surface area (Å²) in [6, 6.07) is 0. The third kappa shape index (κ3) is 8.04. The molecule has 12 heavy (non-hydrogen) atoms. The molecule has 4 nitrogen and oxygen atoms in total. The molecule has 0 aromatic heterocycles. The van der Waals surface area contributed by atoms with Gasteiger partial charge in [0.15, 0.2) is 0 Å². The third-order valence-electron chi connectivity index (χ3n) is 0.876. The summed E-state index contributed by atoms with van der Waals surface area (Å²) in [5.74, 6) is -1.00. The van der Waals surface area contributed by atoms with Crippen molar-refractivity contribution in [3.05, 3.63) is 12.7 Å². The third-order valence-corrected chi connectivity index (χ3v) is 0.876. The van der Waals surface area contributed by atoms with Crippen LogP contribution in [0.15, 0.2) is 12.7 Å². The molecular formula is C7H12CaO4. The van der Waals surface area contributed by atoms with Gasteiger partial charge in [0.2, 0.25) is 6.79 Å². The molecule has 0 aliphatic carbocycles. The van der Waals surface area contributed by atoms with Crippen LogP contribution in [0, 0.1) is 0 Å². The zero-order valence-electron chi connectivity index (χ0n) is 9.04. The molecule has 0 unspecified atom stereocenters. The van der Waals surface area contributed by atoms with Crippen molar-refractivity contribution in [2.75, 3.05) is 6.79 Å². The van der Waals surface area contributed by atoms with E-state index in [1.54, 1.807) is 6.92 Å². The molecule has 0 rings (SSSR count). The molecular weight excluding hydrogens is 188 g/mol. The van der Waals surface area contributed by atoms with Gasteiger partial charge in [-0.3, -0.25) is 4.79 Å². The first kappa shape index (κ1) is 14.5. The smallest absolute Gasteiger partial charge is 1.00 e. The zero-order chi connectivity index (χ0) is 8.69. The molecule has 66 valence electrons. The Labute approximate surface area is 104 Å². The van der Waals surface area contributed by atoms with Gasteiger partial charge in [-0.2, -0.15) is 0 Å². The maximum Gasteiger partial charge on any atom is 2.00 e. The fourth-order valence-electron chi connectivity index (χ4n) is 0.314. The van der Waals surface area contributed by atoms with Gasteiger partial charge >= 0.3 is 49.7 Å². The Morgan fingerprint density at radius 3 is 2.50 bits per heavy atom. The van der Waals surface area contributed by atoms with Crippen LogP contribution < -0.4 is 0 Å². The minimum Gasteiger partial charge on any atom is -1.00 e. The molecule has 0 atom stereocenters. The molecule has 5 heteroatoms. The van der Waals surface area contributed by atoms with Crippen molar-refractivity contribution in [1.29, 1.82) is 0 Å². The van der Waals surface area contributed by atoms with E-state index in [0.717, 1.165) is 6.08 Å². The van der Waals surface area contributed by atoms with Crippen molar-refractivity contribution < 1.29 is 21.9 Å². The van der Waals surface area contributed by atoms with Gasteiger partial charge in [-0.15, -0.1) is 0 Å². The van der Waals surface area contributed by atoms with E-state index in [2.05, 4.69) is 16.1 Å². The summed E-state index contributed by atoms with van der Waals surface area (Å²) in [6.07, 6.45) is 1.27. The molecule has 0 aromatic rings. The van der Waals surface area contributed by atoms with Crippen LogP contribution in [0.25, 0.3) is 0 Å². The minimum absolute atomic E-state index is 0. The molecule has 0 N–H and O–H groups in total. The van der Waals surface area contributed by atoms with E-state index >= 15 is 0 Å². The second-order valence-corrected chi connectivity index (χ2v) is 1.66. The SMILES string of the molecule is C=CC(=O)OCOC(=O)CC.[Ca+2].[H-].[H-]. The summed E-state index contributed by atoms with van der Waals surface area (Å²) in [5.41, 5.74) is 0. The Morgan fingerprint density at radius 2 is 2.08 bits per heavy atom. The van der Waals surface area contributed by atoms with Crippen molar-refractivity contribution >= 4 is 49.7 Å². The minimum atomic E-state index is -0.603. The average molecular weight is 200 g/mol. The first-order chi connectivity index (χ1) is 5.20. The van der Waals surface area contributed by atoms with Crippen LogP contribution in [0.5, 0.6) is 0 Å². The van der Waals surface area contributed by atoms with E-state index in [1.165, 1.54) is 0 Å². The maximum absolute atomic E-state index is 10.4. The van der Waals surface area contributed by atoms with Crippen LogP contribution in [0.2, 0.25) is 0 Å². The molecule has 0 aromatic carbocycles. The summed E-state index contributed by atoms with van der Waals surface area (Å²) in [5, 5.41) is 0. The summed E-state index contributed by atoms with van der Waals surface area (Å²) in [7, 11) is 0. The van der Waals surface area contributed by atoms with Crippen LogP contribution in [-0.2, 0) is 19.1 Å². The van der Waals surface area contributed by atoms with E-state index in [9.17, 15) is 9.59 Å². The summed E-state index contributed by atoms with van der Waals surface area (Å²) in [4.78, 5) is 20.8. The number of rotatable bonds is 4. The second-order valence-electron chi connectivity index (χ2n) is 1.66. The maximum atomic E-state index is 10.4. The Morgan fingerprint density at radius 1 is 1.50 bits per heavy atom. The summed E-state index contributed by atoms with van der Waals surface area (Å²) < 4.78 is 8.80. The molecule has 0 spiro atoms. The molecule has 0 saturated heterocycles. The molecule has 0 aliphatic heterocycles. The van der Waals surface area contributed by atoms with Crippen LogP contribution >= 0.6 is 0 Å². The fraction of sp³-hybridized carbons (Fsp3) is 0.429. The van der Waals surface area contributed by atoms with Gasteiger partial charge in [0.05, 0.1) is 0 Å². The Hall–Kier alpha value is -0.0603. The number of carbonyl (C=O) groups excluding carboxylic acids is 2. The predicted octanol–water partition coefficient (Wildman–Crippen LogP) is 0.470. The van der Waals surface area contributed by atoms with Crippen LogP contribution in [-0.4, -0.2) is 56.5 Å². The van der Waals surface area contributed by atoms with Crippen LogP contribution in [0.3, 0.4) is 0 Å². The Bertz CT molecular complexity index is 175. The van der Waals surface area contributed by atoms with E-state index in [1.807, 2.05) is 0 Å². The molecule has 0 fully saturated rings. The molecule has 0 saturated carbocycles. The van der Waals surface area contributed by atoms with Gasteiger partial charge in [-0.25, -0.2) is 4.79 Å². The first-order valence-corrected chi connectivity index (χ1v) is 3.15. The predicted molar refractivity (Wildman–Crippen MR) is 45.5 cm³/mol. The van der Waals surface area contributed by atoms with Gasteiger partial charge in [-0.05, 0) is 0 Å². The number of hydrogen-bond donors (Lipinski definition) is 0. The molecule has 0 bridgehead atoms. The molecule has 0 aliphatic rings. The van der Waals surface area contributed by atoms with Gasteiger partial charge in [0, 0.05) is 12.5 Å². The van der Waals surface area contributed by atoms with Crippen molar-refractivity contribution in [1.82, 2.24) is 0 Å². The van der Waals surface area contributed by atoms with Crippen LogP contribution in [0.4, 0.5) is 0 Å². The van der Waals surface area contributed by atoms with Gasteiger partial charge in [0.1, 0.15) is 0 Å². The van der Waals surface area contributed by atoms with Gasteiger partial charge < -0.3 is 12.3 Å². The molecule has 0 heterocycles. The number of esters is 2. The van der Waals surface area contributed by atoms with Crippen molar-refractivity contribution in [3.8, 4) is 0 Å². The largest absolute Gasteiger partial charge is 2.00 e. The normalized spacial score (nSPS) is 7.75. The van der Waals surface area contributed by atoms with Crippen molar-refractivity contribution in [2.24, 2.45) is 0 Å². The second kappa shape index (κ2) is 9.03. The van der Waals surface area contributed by atoms with Crippen LogP contribution in [0.1, 0.15) is 16.2 Å². The average Bonchev–Trinajstić information content (AvgIpc) is 2.04. The van der Waals surface area contributed by atoms with E-state index in [4.69, 9.17) is 0 Å². The standard InChI is InChI=1S/C7H10O4.Ca.2H/c1-3-6(8)10-5-11-7(9)4-2;;;/h3H,1,4-5H2,2H3;;;/q;+2;2*-1. The molecule has 0 amide bonds. The van der Waals surface area contributed by atoms with E-state index in [0.29, 0.717) is 0 Å². The topological polar surface area (TPSA) is 52.6 Å². The molecule has 0 radical (unpaired) electrons. The monoisotopic (exact) mass is 200 g/mol.